The molecule has 1 aliphatic heterocycles. The molecule has 2 atom stereocenters. The normalized spacial score (nSPS) is 17.4. The van der Waals surface area contributed by atoms with Gasteiger partial charge in [0.15, 0.2) is 5.11 Å². The van der Waals surface area contributed by atoms with Crippen molar-refractivity contribution in [1.29, 1.82) is 0 Å². The van der Waals surface area contributed by atoms with Crippen molar-refractivity contribution < 1.29 is 13.3 Å². The lowest BCUT2D eigenvalue weighted by molar-refractivity contribution is -0.384. The third kappa shape index (κ3) is 5.01. The molecule has 1 fully saturated rings. The molecule has 10 nitrogen and oxygen atoms in total. The molecular weight excluding hydrogens is 512 g/mol. The molecule has 0 bridgehead atoms. The van der Waals surface area contributed by atoms with Gasteiger partial charge in [-0.2, -0.15) is 0 Å². The number of aromatic nitrogens is 2. The van der Waals surface area contributed by atoms with Gasteiger partial charge >= 0.3 is 0 Å². The predicted molar refractivity (Wildman–Crippen MR) is 145 cm³/mol. The van der Waals surface area contributed by atoms with Crippen LogP contribution in [0.3, 0.4) is 0 Å². The van der Waals surface area contributed by atoms with Crippen molar-refractivity contribution in [3.63, 3.8) is 0 Å². The third-order valence-electron chi connectivity index (χ3n) is 5.97. The van der Waals surface area contributed by atoms with Crippen LogP contribution < -0.4 is 14.9 Å². The lowest BCUT2D eigenvalue weighted by atomic mass is 10.0. The van der Waals surface area contributed by atoms with Gasteiger partial charge in [0, 0.05) is 47.3 Å². The van der Waals surface area contributed by atoms with Crippen molar-refractivity contribution in [1.82, 2.24) is 14.9 Å². The number of nitro benzene ring substituents is 1. The fourth-order valence-corrected chi connectivity index (χ4v) is 5.35. The summed E-state index contributed by atoms with van der Waals surface area (Å²) in [6.45, 7) is 0. The quantitative estimate of drug-likeness (QED) is 0.204. The van der Waals surface area contributed by atoms with Gasteiger partial charge < -0.3 is 14.8 Å². The van der Waals surface area contributed by atoms with Crippen LogP contribution in [0, 0.1) is 10.1 Å². The lowest BCUT2D eigenvalue weighted by Gasteiger charge is -2.29. The number of nitrogens with zero attached hydrogens (tertiary/aromatic N) is 4. The number of nitro groups is 1. The molecule has 0 radical (unpaired) electrons. The number of pyridine rings is 1. The zero-order valence-corrected chi connectivity index (χ0v) is 21.2. The van der Waals surface area contributed by atoms with Gasteiger partial charge in [0.1, 0.15) is 6.04 Å². The maximum atomic E-state index is 11.6. The van der Waals surface area contributed by atoms with Gasteiger partial charge in [0.05, 0.1) is 22.9 Å². The molecule has 37 heavy (non-hydrogen) atoms. The van der Waals surface area contributed by atoms with Crippen LogP contribution in [0.1, 0.15) is 23.5 Å². The summed E-state index contributed by atoms with van der Waals surface area (Å²) >= 11 is 5.77. The number of hydrogen-bond donors (Lipinski definition) is 2. The van der Waals surface area contributed by atoms with Gasteiger partial charge in [0.2, 0.25) is 10.0 Å². The van der Waals surface area contributed by atoms with Gasteiger partial charge in [0.25, 0.3) is 5.69 Å². The first-order valence-electron chi connectivity index (χ1n) is 11.2. The number of hydrogen-bond acceptors (Lipinski definition) is 6. The van der Waals surface area contributed by atoms with E-state index in [1.165, 1.54) is 12.1 Å². The summed E-state index contributed by atoms with van der Waals surface area (Å²) < 4.78 is 27.7. The Hall–Kier alpha value is -4.29. The van der Waals surface area contributed by atoms with E-state index in [0.29, 0.717) is 10.8 Å². The Morgan fingerprint density at radius 1 is 1.00 bits per heavy atom. The highest BCUT2D eigenvalue weighted by molar-refractivity contribution is 7.92. The Balaban J connectivity index is 1.59. The van der Waals surface area contributed by atoms with Crippen molar-refractivity contribution in [3.8, 4) is 5.69 Å². The molecule has 0 spiro atoms. The Kier molecular flexibility index (Phi) is 6.36. The second-order valence-corrected chi connectivity index (χ2v) is 10.6. The third-order valence-corrected chi connectivity index (χ3v) is 6.89. The first-order valence-corrected chi connectivity index (χ1v) is 13.5. The Labute approximate surface area is 218 Å². The summed E-state index contributed by atoms with van der Waals surface area (Å²) in [6, 6.07) is 22.2. The second-order valence-electron chi connectivity index (χ2n) is 8.49. The highest BCUT2D eigenvalue weighted by Gasteiger charge is 2.42. The SMILES string of the molecule is CS(=O)(=O)Nc1ccc(N2C(=S)N[C@H](c3ccccn3)[C@H]2c2cccn2-c2ccc([N+](=O)[O-])cc2)cc1. The van der Waals surface area contributed by atoms with Gasteiger partial charge in [-0.05, 0) is 72.9 Å². The fourth-order valence-electron chi connectivity index (χ4n) is 4.44. The molecular formula is C25H22N6O4S2. The van der Waals surface area contributed by atoms with Crippen LogP contribution in [0.15, 0.2) is 91.3 Å². The Bertz CT molecular complexity index is 1550. The van der Waals surface area contributed by atoms with Crippen LogP contribution in [-0.4, -0.2) is 34.3 Å². The van der Waals surface area contributed by atoms with Gasteiger partial charge in [-0.25, -0.2) is 8.42 Å². The average Bonchev–Trinajstić information content (AvgIpc) is 3.48. The summed E-state index contributed by atoms with van der Waals surface area (Å²) in [5.41, 5.74) is 3.65. The monoisotopic (exact) mass is 534 g/mol. The molecule has 0 saturated carbocycles. The Morgan fingerprint density at radius 3 is 2.32 bits per heavy atom. The fraction of sp³-hybridized carbons (Fsp3) is 0.120. The maximum Gasteiger partial charge on any atom is 0.269 e. The summed E-state index contributed by atoms with van der Waals surface area (Å²) in [5, 5.41) is 15.0. The second kappa shape index (κ2) is 9.64. The molecule has 4 aromatic rings. The summed E-state index contributed by atoms with van der Waals surface area (Å²) in [6.07, 6.45) is 4.71. The molecule has 12 heteroatoms. The minimum atomic E-state index is -3.41. The van der Waals surface area contributed by atoms with Gasteiger partial charge in [-0.15, -0.1) is 0 Å². The first kappa shape index (κ1) is 24.4. The minimum absolute atomic E-state index is 0.0111. The molecule has 5 rings (SSSR count). The highest BCUT2D eigenvalue weighted by Crippen LogP contribution is 2.42. The van der Waals surface area contributed by atoms with E-state index in [1.54, 1.807) is 42.6 Å². The van der Waals surface area contributed by atoms with Crippen LogP contribution in [-0.2, 0) is 10.0 Å². The number of sulfonamides is 1. The molecule has 2 aromatic carbocycles. The maximum absolute atomic E-state index is 11.6. The molecule has 2 aromatic heterocycles. The van der Waals surface area contributed by atoms with Crippen LogP contribution in [0.25, 0.3) is 5.69 Å². The van der Waals surface area contributed by atoms with E-state index in [1.807, 2.05) is 46.0 Å². The molecule has 0 unspecified atom stereocenters. The number of benzene rings is 2. The summed E-state index contributed by atoms with van der Waals surface area (Å²) in [7, 11) is -3.41. The van der Waals surface area contributed by atoms with Crippen LogP contribution in [0.5, 0.6) is 0 Å². The van der Waals surface area contributed by atoms with E-state index in [-0.39, 0.29) is 17.8 Å². The number of nitrogens with one attached hydrogen (secondary N) is 2. The number of non-ortho nitro benzene ring substituents is 1. The topological polar surface area (TPSA) is 122 Å². The number of thiocarbonyl (C=S) groups is 1. The van der Waals surface area contributed by atoms with Crippen molar-refractivity contribution in [2.24, 2.45) is 0 Å². The molecule has 188 valence electrons. The average molecular weight is 535 g/mol. The molecule has 2 N–H and O–H groups in total. The molecule has 0 aliphatic carbocycles. The number of anilines is 2. The zero-order chi connectivity index (χ0) is 26.2. The van der Waals surface area contributed by atoms with E-state index in [0.717, 1.165) is 29.0 Å². The Morgan fingerprint density at radius 2 is 1.70 bits per heavy atom. The highest BCUT2D eigenvalue weighted by atomic mass is 32.2. The predicted octanol–water partition coefficient (Wildman–Crippen LogP) is 4.33. The van der Waals surface area contributed by atoms with Crippen molar-refractivity contribution in [3.05, 3.63) is 113 Å². The number of rotatable bonds is 7. The van der Waals surface area contributed by atoms with Crippen molar-refractivity contribution in [2.45, 2.75) is 12.1 Å². The zero-order valence-electron chi connectivity index (χ0n) is 19.6. The molecule has 0 amide bonds. The van der Waals surface area contributed by atoms with Crippen molar-refractivity contribution >= 4 is 44.4 Å². The van der Waals surface area contributed by atoms with Crippen LogP contribution in [0.4, 0.5) is 17.1 Å². The van der Waals surface area contributed by atoms with Crippen LogP contribution in [0.2, 0.25) is 0 Å². The van der Waals surface area contributed by atoms with Gasteiger partial charge in [-0.1, -0.05) is 6.07 Å². The van der Waals surface area contributed by atoms with Gasteiger partial charge in [-0.3, -0.25) is 19.8 Å². The summed E-state index contributed by atoms with van der Waals surface area (Å²) in [5.74, 6) is 0. The van der Waals surface area contributed by atoms with E-state index >= 15 is 0 Å². The smallest absolute Gasteiger partial charge is 0.269 e. The molecule has 1 saturated heterocycles. The first-order chi connectivity index (χ1) is 17.7. The van der Waals surface area contributed by atoms with E-state index in [2.05, 4.69) is 15.0 Å². The van der Waals surface area contributed by atoms with Crippen molar-refractivity contribution in [2.75, 3.05) is 15.9 Å². The van der Waals surface area contributed by atoms with E-state index in [9.17, 15) is 18.5 Å². The summed E-state index contributed by atoms with van der Waals surface area (Å²) in [4.78, 5) is 17.2. The van der Waals surface area contributed by atoms with E-state index in [4.69, 9.17) is 12.2 Å². The van der Waals surface area contributed by atoms with Crippen LogP contribution >= 0.6 is 12.2 Å². The largest absolute Gasteiger partial charge is 0.351 e. The lowest BCUT2D eigenvalue weighted by Crippen LogP contribution is -2.30. The standard InChI is InChI=1S/C25H22N6O4S2/c1-37(34,35)28-17-7-9-19(10-8-17)30-24(23(27-25(30)36)21-5-2-3-15-26-21)22-6-4-16-29(22)18-11-13-20(14-12-18)31(32)33/h2-16,23-24,28H,1H3,(H,27,36)/t23-,24-/m1/s1. The molecule has 3 heterocycles. The van der Waals surface area contributed by atoms with E-state index < -0.39 is 14.9 Å². The minimum Gasteiger partial charge on any atom is -0.351 e. The molecule has 1 aliphatic rings.